The fourth-order valence-electron chi connectivity index (χ4n) is 1.75. The number of rotatable bonds is 5. The van der Waals surface area contributed by atoms with Crippen LogP contribution < -0.4 is 4.72 Å². The Morgan fingerprint density at radius 3 is 2.75 bits per heavy atom. The molecule has 0 spiro atoms. The molecule has 0 saturated heterocycles. The van der Waals surface area contributed by atoms with Gasteiger partial charge in [0.2, 0.25) is 0 Å². The van der Waals surface area contributed by atoms with Gasteiger partial charge in [0.25, 0.3) is 10.0 Å². The standard InChI is InChI=1S/C12H13N3O4S/c1-2-8-3-4-10(5-11(8)12(16)17)20(18,19)15-9-6-13-14-7-9/h3-7,15H,2H2,1H3,(H,13,14)(H,16,17). The maximum Gasteiger partial charge on any atom is 0.336 e. The van der Waals surface area contributed by atoms with Gasteiger partial charge in [0.05, 0.1) is 22.3 Å². The van der Waals surface area contributed by atoms with Gasteiger partial charge in [-0.05, 0) is 24.1 Å². The topological polar surface area (TPSA) is 112 Å². The van der Waals surface area contributed by atoms with Crippen LogP contribution in [-0.4, -0.2) is 29.7 Å². The summed E-state index contributed by atoms with van der Waals surface area (Å²) in [6.07, 6.45) is 3.21. The van der Waals surface area contributed by atoms with E-state index >= 15 is 0 Å². The minimum atomic E-state index is -3.84. The van der Waals surface area contributed by atoms with Gasteiger partial charge < -0.3 is 5.11 Å². The van der Waals surface area contributed by atoms with Crippen LogP contribution in [0.3, 0.4) is 0 Å². The number of nitrogens with one attached hydrogen (secondary N) is 2. The highest BCUT2D eigenvalue weighted by Crippen LogP contribution is 2.19. The molecule has 20 heavy (non-hydrogen) atoms. The number of benzene rings is 1. The lowest BCUT2D eigenvalue weighted by molar-refractivity contribution is 0.0695. The van der Waals surface area contributed by atoms with Gasteiger partial charge in [-0.3, -0.25) is 9.82 Å². The third-order valence-electron chi connectivity index (χ3n) is 2.75. The fourth-order valence-corrected chi connectivity index (χ4v) is 2.81. The molecule has 8 heteroatoms. The molecular weight excluding hydrogens is 282 g/mol. The quantitative estimate of drug-likeness (QED) is 0.773. The van der Waals surface area contributed by atoms with Crippen molar-refractivity contribution in [2.24, 2.45) is 0 Å². The second-order valence-electron chi connectivity index (χ2n) is 4.07. The van der Waals surface area contributed by atoms with Crippen molar-refractivity contribution in [3.63, 3.8) is 0 Å². The van der Waals surface area contributed by atoms with Crippen molar-refractivity contribution in [3.8, 4) is 0 Å². The molecule has 1 aromatic carbocycles. The van der Waals surface area contributed by atoms with Crippen LogP contribution in [0.5, 0.6) is 0 Å². The Morgan fingerprint density at radius 1 is 1.45 bits per heavy atom. The van der Waals surface area contributed by atoms with Gasteiger partial charge in [-0.1, -0.05) is 13.0 Å². The molecule has 2 aromatic rings. The summed E-state index contributed by atoms with van der Waals surface area (Å²) in [5.74, 6) is -1.15. The lowest BCUT2D eigenvalue weighted by Crippen LogP contribution is -2.14. The molecule has 3 N–H and O–H groups in total. The van der Waals surface area contributed by atoms with Crippen LogP contribution in [0.15, 0.2) is 35.5 Å². The van der Waals surface area contributed by atoms with Crippen LogP contribution in [0.25, 0.3) is 0 Å². The first-order valence-corrected chi connectivity index (χ1v) is 7.30. The summed E-state index contributed by atoms with van der Waals surface area (Å²) >= 11 is 0. The van der Waals surface area contributed by atoms with Crippen molar-refractivity contribution in [3.05, 3.63) is 41.7 Å². The Kier molecular flexibility index (Phi) is 3.75. The molecule has 2 rings (SSSR count). The Bertz CT molecular complexity index is 723. The van der Waals surface area contributed by atoms with E-state index in [4.69, 9.17) is 5.11 Å². The molecule has 0 unspecified atom stereocenters. The SMILES string of the molecule is CCc1ccc(S(=O)(=O)Nc2cn[nH]c2)cc1C(=O)O. The molecule has 1 heterocycles. The Morgan fingerprint density at radius 2 is 2.20 bits per heavy atom. The number of aryl methyl sites for hydroxylation is 1. The van der Waals surface area contributed by atoms with Crippen LogP contribution in [-0.2, 0) is 16.4 Å². The Balaban J connectivity index is 2.42. The molecular formula is C12H13N3O4S. The van der Waals surface area contributed by atoms with Gasteiger partial charge in [-0.25, -0.2) is 13.2 Å². The number of carboxylic acid groups (broad SMARTS) is 1. The number of nitrogens with zero attached hydrogens (tertiary/aromatic N) is 1. The Labute approximate surface area is 115 Å². The van der Waals surface area contributed by atoms with Crippen LogP contribution in [0.4, 0.5) is 5.69 Å². The number of sulfonamides is 1. The fraction of sp³-hybridized carbons (Fsp3) is 0.167. The number of H-pyrrole nitrogens is 1. The summed E-state index contributed by atoms with van der Waals surface area (Å²) in [5, 5.41) is 15.2. The first-order valence-electron chi connectivity index (χ1n) is 5.82. The van der Waals surface area contributed by atoms with E-state index in [1.54, 1.807) is 6.92 Å². The van der Waals surface area contributed by atoms with Crippen LogP contribution >= 0.6 is 0 Å². The molecule has 0 radical (unpaired) electrons. The second kappa shape index (κ2) is 5.33. The summed E-state index contributed by atoms with van der Waals surface area (Å²) in [4.78, 5) is 11.0. The van der Waals surface area contributed by atoms with Gasteiger partial charge in [-0.15, -0.1) is 0 Å². The zero-order valence-corrected chi connectivity index (χ0v) is 11.4. The number of carboxylic acids is 1. The molecule has 0 amide bonds. The van der Waals surface area contributed by atoms with E-state index in [9.17, 15) is 13.2 Å². The summed E-state index contributed by atoms with van der Waals surface area (Å²) in [7, 11) is -3.84. The van der Waals surface area contributed by atoms with Crippen molar-refractivity contribution >= 4 is 21.7 Å². The van der Waals surface area contributed by atoms with Gasteiger partial charge in [0.1, 0.15) is 0 Å². The van der Waals surface area contributed by atoms with E-state index in [2.05, 4.69) is 14.9 Å². The molecule has 0 aliphatic heterocycles. The molecule has 0 aliphatic rings. The highest BCUT2D eigenvalue weighted by atomic mass is 32.2. The van der Waals surface area contributed by atoms with Crippen molar-refractivity contribution in [1.29, 1.82) is 0 Å². The van der Waals surface area contributed by atoms with Crippen LogP contribution in [0.2, 0.25) is 0 Å². The number of anilines is 1. The lowest BCUT2D eigenvalue weighted by Gasteiger charge is -2.09. The number of carbonyl (C=O) groups is 1. The number of aromatic carboxylic acids is 1. The maximum absolute atomic E-state index is 12.1. The normalized spacial score (nSPS) is 11.2. The average molecular weight is 295 g/mol. The summed E-state index contributed by atoms with van der Waals surface area (Å²) in [6.45, 7) is 1.81. The molecule has 0 fully saturated rings. The molecule has 1 aromatic heterocycles. The van der Waals surface area contributed by atoms with E-state index in [0.717, 1.165) is 6.07 Å². The van der Waals surface area contributed by atoms with Crippen molar-refractivity contribution in [2.75, 3.05) is 4.72 Å². The maximum atomic E-state index is 12.1. The largest absolute Gasteiger partial charge is 0.478 e. The smallest absolute Gasteiger partial charge is 0.336 e. The average Bonchev–Trinajstić information content (AvgIpc) is 2.89. The molecule has 0 aliphatic carbocycles. The molecule has 0 atom stereocenters. The summed E-state index contributed by atoms with van der Waals surface area (Å²) < 4.78 is 26.6. The molecule has 7 nitrogen and oxygen atoms in total. The van der Waals surface area contributed by atoms with Gasteiger partial charge in [0.15, 0.2) is 0 Å². The third-order valence-corrected chi connectivity index (χ3v) is 4.13. The zero-order valence-electron chi connectivity index (χ0n) is 10.6. The first-order chi connectivity index (χ1) is 9.44. The molecule has 0 bridgehead atoms. The highest BCUT2D eigenvalue weighted by Gasteiger charge is 2.18. The van der Waals surface area contributed by atoms with E-state index in [1.165, 1.54) is 24.5 Å². The van der Waals surface area contributed by atoms with Gasteiger partial charge in [-0.2, -0.15) is 5.10 Å². The minimum absolute atomic E-state index is 0.0115. The zero-order chi connectivity index (χ0) is 14.8. The first kappa shape index (κ1) is 14.1. The molecule has 0 saturated carbocycles. The number of aromatic amines is 1. The minimum Gasteiger partial charge on any atom is -0.478 e. The van der Waals surface area contributed by atoms with Crippen molar-refractivity contribution in [2.45, 2.75) is 18.2 Å². The number of hydrogen-bond donors (Lipinski definition) is 3. The van der Waals surface area contributed by atoms with E-state index in [-0.39, 0.29) is 16.1 Å². The van der Waals surface area contributed by atoms with Gasteiger partial charge in [0, 0.05) is 6.20 Å². The predicted octanol–water partition coefficient (Wildman–Crippen LogP) is 1.47. The van der Waals surface area contributed by atoms with Crippen molar-refractivity contribution in [1.82, 2.24) is 10.2 Å². The molecule has 106 valence electrons. The third kappa shape index (κ3) is 2.80. The summed E-state index contributed by atoms with van der Waals surface area (Å²) in [5.41, 5.74) is 0.851. The van der Waals surface area contributed by atoms with E-state index in [0.29, 0.717) is 12.0 Å². The second-order valence-corrected chi connectivity index (χ2v) is 5.75. The van der Waals surface area contributed by atoms with Crippen LogP contribution in [0.1, 0.15) is 22.8 Å². The summed E-state index contributed by atoms with van der Waals surface area (Å²) in [6, 6.07) is 4.05. The van der Waals surface area contributed by atoms with Crippen molar-refractivity contribution < 1.29 is 18.3 Å². The van der Waals surface area contributed by atoms with Crippen LogP contribution in [0, 0.1) is 0 Å². The van der Waals surface area contributed by atoms with Gasteiger partial charge >= 0.3 is 5.97 Å². The Hall–Kier alpha value is -2.35. The predicted molar refractivity (Wildman–Crippen MR) is 72.2 cm³/mol. The van der Waals surface area contributed by atoms with E-state index < -0.39 is 16.0 Å². The number of aromatic nitrogens is 2. The number of hydrogen-bond acceptors (Lipinski definition) is 4. The monoisotopic (exact) mass is 295 g/mol. The highest BCUT2D eigenvalue weighted by molar-refractivity contribution is 7.92. The lowest BCUT2D eigenvalue weighted by atomic mass is 10.1. The van der Waals surface area contributed by atoms with E-state index in [1.807, 2.05) is 0 Å².